The Morgan fingerprint density at radius 1 is 1.32 bits per heavy atom. The topological polar surface area (TPSA) is 101 Å². The molecule has 3 rings (SSSR count). The van der Waals surface area contributed by atoms with Gasteiger partial charge < -0.3 is 20.4 Å². The molecule has 0 radical (unpaired) electrons. The van der Waals surface area contributed by atoms with E-state index in [9.17, 15) is 9.59 Å². The fraction of sp³-hybridized carbons (Fsp3) is 0.421. The van der Waals surface area contributed by atoms with E-state index in [1.54, 1.807) is 17.0 Å². The summed E-state index contributed by atoms with van der Waals surface area (Å²) in [5.74, 6) is 0.176. The van der Waals surface area contributed by atoms with E-state index in [1.165, 1.54) is 6.26 Å². The van der Waals surface area contributed by atoms with E-state index in [2.05, 4.69) is 10.3 Å². The Balaban J connectivity index is 0.00000280. The van der Waals surface area contributed by atoms with Gasteiger partial charge in [-0.3, -0.25) is 9.59 Å². The average molecular weight is 427 g/mol. The minimum atomic E-state index is -0.184. The van der Waals surface area contributed by atoms with Gasteiger partial charge in [0.2, 0.25) is 17.7 Å². The lowest BCUT2D eigenvalue weighted by Crippen LogP contribution is -2.46. The lowest BCUT2D eigenvalue weighted by Gasteiger charge is -2.32. The number of nitrogens with two attached hydrogens (primary N) is 1. The zero-order valence-electron chi connectivity index (χ0n) is 15.4. The maximum Gasteiger partial charge on any atom is 0.228 e. The van der Waals surface area contributed by atoms with Crippen LogP contribution in [0, 0.1) is 5.92 Å². The van der Waals surface area contributed by atoms with Crippen LogP contribution >= 0.6 is 24.0 Å². The van der Waals surface area contributed by atoms with Crippen LogP contribution in [0.4, 0.5) is 0 Å². The van der Waals surface area contributed by atoms with Crippen molar-refractivity contribution in [2.24, 2.45) is 11.7 Å². The average Bonchev–Trinajstić information content (AvgIpc) is 3.15. The van der Waals surface area contributed by atoms with Gasteiger partial charge in [0.05, 0.1) is 18.0 Å². The quantitative estimate of drug-likeness (QED) is 0.737. The maximum absolute atomic E-state index is 12.6. The Labute approximate surface area is 175 Å². The number of hydrogen-bond donors (Lipinski definition) is 2. The van der Waals surface area contributed by atoms with E-state index in [0.717, 1.165) is 18.4 Å². The van der Waals surface area contributed by atoms with Gasteiger partial charge in [-0.15, -0.1) is 12.4 Å². The second-order valence-electron chi connectivity index (χ2n) is 6.59. The number of likely N-dealkylation sites (tertiary alicyclic amines) is 1. The summed E-state index contributed by atoms with van der Waals surface area (Å²) >= 11 is 5.89. The number of aromatic nitrogens is 1. The number of hydrogen-bond acceptors (Lipinski definition) is 5. The summed E-state index contributed by atoms with van der Waals surface area (Å²) in [5, 5.41) is 3.43. The van der Waals surface area contributed by atoms with Crippen LogP contribution < -0.4 is 11.1 Å². The lowest BCUT2D eigenvalue weighted by molar-refractivity contribution is -0.135. The van der Waals surface area contributed by atoms with E-state index in [1.807, 2.05) is 12.1 Å². The summed E-state index contributed by atoms with van der Waals surface area (Å²) in [6.45, 7) is 1.94. The third-order valence-corrected chi connectivity index (χ3v) is 4.82. The zero-order chi connectivity index (χ0) is 19.2. The van der Waals surface area contributed by atoms with Crippen LogP contribution in [0.5, 0.6) is 0 Å². The Bertz CT molecular complexity index is 795. The standard InChI is InChI=1S/C19H23ClN4O3.ClH/c20-15-5-3-13(4-6-15)19-23-16(12-27-19)10-17(25)24-9-1-2-14(11-24)18(26)22-8-7-21;/h3-6,12,14H,1-2,7-11,21H2,(H,22,26);1H. The van der Waals surface area contributed by atoms with Gasteiger partial charge in [0.1, 0.15) is 6.26 Å². The van der Waals surface area contributed by atoms with Crippen LogP contribution in [-0.2, 0) is 16.0 Å². The van der Waals surface area contributed by atoms with Gasteiger partial charge in [0.15, 0.2) is 0 Å². The number of carbonyl (C=O) groups is 2. The van der Waals surface area contributed by atoms with Gasteiger partial charge in [0, 0.05) is 36.8 Å². The maximum atomic E-state index is 12.6. The molecule has 1 aliphatic rings. The molecule has 28 heavy (non-hydrogen) atoms. The van der Waals surface area contributed by atoms with Crippen molar-refractivity contribution in [1.29, 1.82) is 0 Å². The number of piperidine rings is 1. The predicted molar refractivity (Wildman–Crippen MR) is 109 cm³/mol. The Morgan fingerprint density at radius 2 is 2.07 bits per heavy atom. The number of nitrogens with zero attached hydrogens (tertiary/aromatic N) is 2. The smallest absolute Gasteiger partial charge is 0.228 e. The largest absolute Gasteiger partial charge is 0.444 e. The second-order valence-corrected chi connectivity index (χ2v) is 7.02. The highest BCUT2D eigenvalue weighted by atomic mass is 35.5. The molecule has 1 aromatic heterocycles. The molecule has 0 saturated carbocycles. The van der Waals surface area contributed by atoms with Crippen molar-refractivity contribution in [2.45, 2.75) is 19.3 Å². The summed E-state index contributed by atoms with van der Waals surface area (Å²) in [6, 6.07) is 7.15. The molecule has 0 aliphatic carbocycles. The highest BCUT2D eigenvalue weighted by Gasteiger charge is 2.28. The first-order valence-electron chi connectivity index (χ1n) is 9.02. The van der Waals surface area contributed by atoms with Crippen LogP contribution in [0.25, 0.3) is 11.5 Å². The predicted octanol–water partition coefficient (Wildman–Crippen LogP) is 2.27. The highest BCUT2D eigenvalue weighted by Crippen LogP contribution is 2.22. The molecule has 1 saturated heterocycles. The molecule has 1 aromatic carbocycles. The minimum absolute atomic E-state index is 0. The molecule has 9 heteroatoms. The van der Waals surface area contributed by atoms with Crippen molar-refractivity contribution in [3.05, 3.63) is 41.2 Å². The highest BCUT2D eigenvalue weighted by molar-refractivity contribution is 6.30. The second kappa shape index (κ2) is 10.5. The summed E-state index contributed by atoms with van der Waals surface area (Å²) in [6.07, 6.45) is 3.23. The Hall–Kier alpha value is -2.09. The molecule has 1 atom stereocenters. The molecule has 2 aromatic rings. The fourth-order valence-electron chi connectivity index (χ4n) is 3.14. The molecular formula is C19H24Cl2N4O3. The van der Waals surface area contributed by atoms with Crippen LogP contribution in [0.15, 0.2) is 34.9 Å². The molecule has 0 bridgehead atoms. The summed E-state index contributed by atoms with van der Waals surface area (Å²) < 4.78 is 5.48. The van der Waals surface area contributed by atoms with Gasteiger partial charge in [-0.05, 0) is 37.1 Å². The van der Waals surface area contributed by atoms with Crippen molar-refractivity contribution >= 4 is 35.8 Å². The van der Waals surface area contributed by atoms with E-state index >= 15 is 0 Å². The lowest BCUT2D eigenvalue weighted by atomic mass is 9.96. The number of benzene rings is 1. The van der Waals surface area contributed by atoms with E-state index < -0.39 is 0 Å². The normalized spacial score (nSPS) is 16.4. The number of halogens is 2. The van der Waals surface area contributed by atoms with Crippen molar-refractivity contribution in [1.82, 2.24) is 15.2 Å². The first-order chi connectivity index (χ1) is 13.1. The molecule has 0 spiro atoms. The van der Waals surface area contributed by atoms with Gasteiger partial charge in [-0.2, -0.15) is 0 Å². The van der Waals surface area contributed by atoms with E-state index in [0.29, 0.717) is 42.8 Å². The van der Waals surface area contributed by atoms with Crippen LogP contribution in [0.3, 0.4) is 0 Å². The van der Waals surface area contributed by atoms with Crippen molar-refractivity contribution < 1.29 is 14.0 Å². The number of rotatable bonds is 6. The Kier molecular flexibility index (Phi) is 8.29. The number of oxazole rings is 1. The van der Waals surface area contributed by atoms with E-state index in [4.69, 9.17) is 21.8 Å². The first-order valence-corrected chi connectivity index (χ1v) is 9.40. The fourth-order valence-corrected chi connectivity index (χ4v) is 3.26. The Morgan fingerprint density at radius 3 is 2.79 bits per heavy atom. The molecule has 1 aliphatic heterocycles. The van der Waals surface area contributed by atoms with Crippen LogP contribution in [0.2, 0.25) is 5.02 Å². The monoisotopic (exact) mass is 426 g/mol. The van der Waals surface area contributed by atoms with Crippen molar-refractivity contribution in [3.63, 3.8) is 0 Å². The van der Waals surface area contributed by atoms with Gasteiger partial charge >= 0.3 is 0 Å². The zero-order valence-corrected chi connectivity index (χ0v) is 17.0. The summed E-state index contributed by atoms with van der Waals surface area (Å²) in [5.41, 5.74) is 6.79. The van der Waals surface area contributed by atoms with Crippen LogP contribution in [-0.4, -0.2) is 47.9 Å². The SMILES string of the molecule is Cl.NCCNC(=O)C1CCCN(C(=O)Cc2coc(-c3ccc(Cl)cc3)n2)C1. The third-order valence-electron chi connectivity index (χ3n) is 4.56. The summed E-state index contributed by atoms with van der Waals surface area (Å²) in [7, 11) is 0. The first kappa shape index (κ1) is 22.2. The van der Waals surface area contributed by atoms with Gasteiger partial charge in [-0.1, -0.05) is 11.6 Å². The van der Waals surface area contributed by atoms with E-state index in [-0.39, 0.29) is 36.6 Å². The van der Waals surface area contributed by atoms with Crippen molar-refractivity contribution in [3.8, 4) is 11.5 Å². The minimum Gasteiger partial charge on any atom is -0.444 e. The number of nitrogens with one attached hydrogen (secondary N) is 1. The summed E-state index contributed by atoms with van der Waals surface area (Å²) in [4.78, 5) is 30.9. The molecule has 3 N–H and O–H groups in total. The molecule has 2 amide bonds. The molecular weight excluding hydrogens is 403 g/mol. The molecule has 7 nitrogen and oxygen atoms in total. The van der Waals surface area contributed by atoms with Crippen molar-refractivity contribution in [2.75, 3.05) is 26.2 Å². The van der Waals surface area contributed by atoms with Gasteiger partial charge in [-0.25, -0.2) is 4.98 Å². The molecule has 1 fully saturated rings. The number of carbonyl (C=O) groups excluding carboxylic acids is 2. The third kappa shape index (κ3) is 5.70. The van der Waals surface area contributed by atoms with Gasteiger partial charge in [0.25, 0.3) is 0 Å². The molecule has 2 heterocycles. The van der Waals surface area contributed by atoms with Crippen LogP contribution in [0.1, 0.15) is 18.5 Å². The molecule has 1 unspecified atom stereocenters. The molecule has 152 valence electrons. The number of amides is 2.